The Bertz CT molecular complexity index is 376. The molecule has 74 valence electrons. The molecule has 1 aromatic carbocycles. The molecule has 1 unspecified atom stereocenters. The van der Waals surface area contributed by atoms with Gasteiger partial charge in [-0.15, -0.1) is 0 Å². The molecule has 1 atom stereocenters. The van der Waals surface area contributed by atoms with Gasteiger partial charge in [0.25, 0.3) is 0 Å². The SMILES string of the molecule is Nc1cc(C2CCCC2=O)ccc1Cl. The van der Waals surface area contributed by atoms with Crippen LogP contribution in [0.25, 0.3) is 0 Å². The third-order valence-electron chi connectivity index (χ3n) is 2.73. The Kier molecular flexibility index (Phi) is 2.46. The van der Waals surface area contributed by atoms with E-state index in [0.29, 0.717) is 22.9 Å². The van der Waals surface area contributed by atoms with Crippen LogP contribution in [-0.4, -0.2) is 5.78 Å². The molecule has 3 heteroatoms. The van der Waals surface area contributed by atoms with Gasteiger partial charge in [0.05, 0.1) is 10.7 Å². The number of hydrogen-bond donors (Lipinski definition) is 1. The number of rotatable bonds is 1. The second-order valence-electron chi connectivity index (χ2n) is 3.69. The van der Waals surface area contributed by atoms with Crippen molar-refractivity contribution in [2.75, 3.05) is 5.73 Å². The molecule has 1 aromatic rings. The number of Topliss-reactive ketones (excluding diaryl/α,β-unsaturated/α-hetero) is 1. The predicted octanol–water partition coefficient (Wildman–Crippen LogP) is 2.76. The van der Waals surface area contributed by atoms with Crippen molar-refractivity contribution in [1.82, 2.24) is 0 Å². The molecule has 0 aromatic heterocycles. The van der Waals surface area contributed by atoms with Gasteiger partial charge < -0.3 is 5.73 Å². The van der Waals surface area contributed by atoms with E-state index in [0.717, 1.165) is 18.4 Å². The largest absolute Gasteiger partial charge is 0.398 e. The summed E-state index contributed by atoms with van der Waals surface area (Å²) in [7, 11) is 0. The smallest absolute Gasteiger partial charge is 0.140 e. The highest BCUT2D eigenvalue weighted by atomic mass is 35.5. The summed E-state index contributed by atoms with van der Waals surface area (Å²) in [5.41, 5.74) is 7.26. The number of hydrogen-bond acceptors (Lipinski definition) is 2. The fourth-order valence-electron chi connectivity index (χ4n) is 1.95. The van der Waals surface area contributed by atoms with Crippen molar-refractivity contribution in [3.63, 3.8) is 0 Å². The lowest BCUT2D eigenvalue weighted by Crippen LogP contribution is -2.04. The molecule has 0 radical (unpaired) electrons. The van der Waals surface area contributed by atoms with E-state index in [4.69, 9.17) is 17.3 Å². The minimum absolute atomic E-state index is 0.0505. The molecule has 0 saturated heterocycles. The molecule has 2 nitrogen and oxygen atoms in total. The summed E-state index contributed by atoms with van der Waals surface area (Å²) in [6, 6.07) is 5.47. The second-order valence-corrected chi connectivity index (χ2v) is 4.10. The van der Waals surface area contributed by atoms with Gasteiger partial charge in [0, 0.05) is 12.3 Å². The van der Waals surface area contributed by atoms with E-state index in [1.54, 1.807) is 6.07 Å². The number of halogens is 1. The maximum absolute atomic E-state index is 11.5. The zero-order chi connectivity index (χ0) is 10.1. The first kappa shape index (κ1) is 9.53. The van der Waals surface area contributed by atoms with E-state index >= 15 is 0 Å². The summed E-state index contributed by atoms with van der Waals surface area (Å²) in [4.78, 5) is 11.5. The van der Waals surface area contributed by atoms with Crippen molar-refractivity contribution in [1.29, 1.82) is 0 Å². The summed E-state index contributed by atoms with van der Waals surface area (Å²) < 4.78 is 0. The highest BCUT2D eigenvalue weighted by molar-refractivity contribution is 6.33. The van der Waals surface area contributed by atoms with E-state index in [-0.39, 0.29) is 5.92 Å². The first-order valence-electron chi connectivity index (χ1n) is 4.76. The lowest BCUT2D eigenvalue weighted by molar-refractivity contribution is -0.118. The highest BCUT2D eigenvalue weighted by Gasteiger charge is 2.25. The maximum Gasteiger partial charge on any atom is 0.140 e. The Labute approximate surface area is 88.1 Å². The van der Waals surface area contributed by atoms with Gasteiger partial charge in [0.1, 0.15) is 5.78 Å². The standard InChI is InChI=1S/C11H12ClNO/c12-9-5-4-7(6-10(9)13)8-2-1-3-11(8)14/h4-6,8H,1-3,13H2. The van der Waals surface area contributed by atoms with Crippen LogP contribution in [0, 0.1) is 0 Å². The Morgan fingerprint density at radius 1 is 1.43 bits per heavy atom. The lowest BCUT2D eigenvalue weighted by atomic mass is 9.96. The zero-order valence-electron chi connectivity index (χ0n) is 7.79. The normalized spacial score (nSPS) is 21.5. The summed E-state index contributed by atoms with van der Waals surface area (Å²) >= 11 is 5.81. The van der Waals surface area contributed by atoms with Crippen LogP contribution in [0.15, 0.2) is 18.2 Å². The highest BCUT2D eigenvalue weighted by Crippen LogP contribution is 2.33. The molecule has 14 heavy (non-hydrogen) atoms. The molecule has 0 heterocycles. The molecule has 1 aliphatic rings. The Balaban J connectivity index is 2.32. The molecule has 0 amide bonds. The zero-order valence-corrected chi connectivity index (χ0v) is 8.55. The molecule has 0 spiro atoms. The van der Waals surface area contributed by atoms with Gasteiger partial charge in [0.2, 0.25) is 0 Å². The molecule has 1 saturated carbocycles. The Hall–Kier alpha value is -1.02. The fraction of sp³-hybridized carbons (Fsp3) is 0.364. The van der Waals surface area contributed by atoms with E-state index < -0.39 is 0 Å². The van der Waals surface area contributed by atoms with Gasteiger partial charge in [-0.1, -0.05) is 17.7 Å². The van der Waals surface area contributed by atoms with Gasteiger partial charge in [-0.3, -0.25) is 4.79 Å². The predicted molar refractivity (Wildman–Crippen MR) is 57.5 cm³/mol. The monoisotopic (exact) mass is 209 g/mol. The van der Waals surface area contributed by atoms with Gasteiger partial charge in [0.15, 0.2) is 0 Å². The lowest BCUT2D eigenvalue weighted by Gasteiger charge is -2.09. The molecule has 2 N–H and O–H groups in total. The van der Waals surface area contributed by atoms with Crippen molar-refractivity contribution in [3.8, 4) is 0 Å². The molecule has 2 rings (SSSR count). The summed E-state index contributed by atoms with van der Waals surface area (Å²) in [5, 5.41) is 0.555. The van der Waals surface area contributed by atoms with Crippen LogP contribution < -0.4 is 5.73 Å². The van der Waals surface area contributed by atoms with Crippen LogP contribution in [0.3, 0.4) is 0 Å². The quantitative estimate of drug-likeness (QED) is 0.723. The minimum atomic E-state index is 0.0505. The number of carbonyl (C=O) groups is 1. The number of ketones is 1. The summed E-state index contributed by atoms with van der Waals surface area (Å²) in [6.07, 6.45) is 2.64. The average molecular weight is 210 g/mol. The van der Waals surface area contributed by atoms with Crippen LogP contribution in [-0.2, 0) is 4.79 Å². The molecular weight excluding hydrogens is 198 g/mol. The number of nitrogen functional groups attached to an aromatic ring is 1. The Morgan fingerprint density at radius 3 is 2.79 bits per heavy atom. The average Bonchev–Trinajstić information content (AvgIpc) is 2.57. The van der Waals surface area contributed by atoms with Crippen LogP contribution in [0.5, 0.6) is 0 Å². The third kappa shape index (κ3) is 1.62. The van der Waals surface area contributed by atoms with Crippen molar-refractivity contribution in [2.24, 2.45) is 0 Å². The van der Waals surface area contributed by atoms with Crippen molar-refractivity contribution in [3.05, 3.63) is 28.8 Å². The molecule has 1 fully saturated rings. The number of benzene rings is 1. The van der Waals surface area contributed by atoms with Gasteiger partial charge >= 0.3 is 0 Å². The number of anilines is 1. The minimum Gasteiger partial charge on any atom is -0.398 e. The Morgan fingerprint density at radius 2 is 2.21 bits per heavy atom. The van der Waals surface area contributed by atoms with Crippen LogP contribution in [0.4, 0.5) is 5.69 Å². The van der Waals surface area contributed by atoms with Crippen LogP contribution in [0.1, 0.15) is 30.7 Å². The van der Waals surface area contributed by atoms with E-state index in [2.05, 4.69) is 0 Å². The summed E-state index contributed by atoms with van der Waals surface area (Å²) in [6.45, 7) is 0. The topological polar surface area (TPSA) is 43.1 Å². The van der Waals surface area contributed by atoms with Crippen molar-refractivity contribution in [2.45, 2.75) is 25.2 Å². The van der Waals surface area contributed by atoms with Crippen molar-refractivity contribution < 1.29 is 4.79 Å². The summed E-state index contributed by atoms with van der Waals surface area (Å²) in [5.74, 6) is 0.376. The van der Waals surface area contributed by atoms with Gasteiger partial charge in [-0.2, -0.15) is 0 Å². The second kappa shape index (κ2) is 3.62. The third-order valence-corrected chi connectivity index (χ3v) is 3.07. The van der Waals surface area contributed by atoms with Gasteiger partial charge in [-0.25, -0.2) is 0 Å². The first-order chi connectivity index (χ1) is 6.68. The molecular formula is C11H12ClNO. The number of nitrogens with two attached hydrogens (primary N) is 1. The molecule has 0 aliphatic heterocycles. The van der Waals surface area contributed by atoms with Crippen LogP contribution >= 0.6 is 11.6 Å². The van der Waals surface area contributed by atoms with Crippen molar-refractivity contribution >= 4 is 23.1 Å². The molecule has 1 aliphatic carbocycles. The first-order valence-corrected chi connectivity index (χ1v) is 5.14. The van der Waals surface area contributed by atoms with E-state index in [1.807, 2.05) is 12.1 Å². The number of carbonyl (C=O) groups excluding carboxylic acids is 1. The van der Waals surface area contributed by atoms with Crippen LogP contribution in [0.2, 0.25) is 5.02 Å². The van der Waals surface area contributed by atoms with E-state index in [1.165, 1.54) is 0 Å². The van der Waals surface area contributed by atoms with E-state index in [9.17, 15) is 4.79 Å². The molecule has 0 bridgehead atoms. The fourth-order valence-corrected chi connectivity index (χ4v) is 2.06. The van der Waals surface area contributed by atoms with Gasteiger partial charge in [-0.05, 0) is 30.5 Å². The maximum atomic E-state index is 11.5.